The molecular weight excluding hydrogens is 386 g/mol. The predicted molar refractivity (Wildman–Crippen MR) is 82.1 cm³/mol. The van der Waals surface area contributed by atoms with Crippen LogP contribution in [0, 0.1) is 5.82 Å². The van der Waals surface area contributed by atoms with Crippen molar-refractivity contribution in [1.82, 2.24) is 5.32 Å². The molecule has 0 saturated heterocycles. The summed E-state index contributed by atoms with van der Waals surface area (Å²) >= 11 is 5.63. The van der Waals surface area contributed by atoms with Crippen molar-refractivity contribution >= 4 is 23.5 Å². The van der Waals surface area contributed by atoms with Gasteiger partial charge in [-0.1, -0.05) is 17.7 Å². The monoisotopic (exact) mass is 401 g/mol. The van der Waals surface area contributed by atoms with Crippen LogP contribution in [0.2, 0.25) is 5.02 Å². The van der Waals surface area contributed by atoms with Crippen LogP contribution in [-0.4, -0.2) is 51.1 Å². The highest BCUT2D eigenvalue weighted by Gasteiger charge is 2.54. The van der Waals surface area contributed by atoms with Gasteiger partial charge >= 0.3 is 12.1 Å². The Bertz CT molecular complexity index is 706. The number of rotatable bonds is 6. The number of aliphatic hydroxyl groups is 2. The van der Waals surface area contributed by atoms with Crippen LogP contribution in [0.15, 0.2) is 18.2 Å². The van der Waals surface area contributed by atoms with Gasteiger partial charge in [-0.05, 0) is 31.5 Å². The topological polar surface area (TPSA) is 107 Å². The van der Waals surface area contributed by atoms with Gasteiger partial charge in [-0.25, -0.2) is 9.18 Å². The molecule has 6 nitrogen and oxygen atoms in total. The van der Waals surface area contributed by atoms with E-state index in [1.54, 1.807) is 5.32 Å². The number of carboxylic acid groups (broad SMARTS) is 1. The number of hydrogen-bond acceptors (Lipinski definition) is 4. The minimum Gasteiger partial charge on any atom is -0.479 e. The lowest BCUT2D eigenvalue weighted by molar-refractivity contribution is -0.191. The highest BCUT2D eigenvalue weighted by molar-refractivity contribution is 6.31. The molecule has 0 saturated carbocycles. The summed E-state index contributed by atoms with van der Waals surface area (Å²) < 4.78 is 52.9. The van der Waals surface area contributed by atoms with E-state index in [1.807, 2.05) is 0 Å². The number of carboxylic acids is 1. The summed E-state index contributed by atoms with van der Waals surface area (Å²) in [7, 11) is 0. The first-order chi connectivity index (χ1) is 11.6. The Balaban J connectivity index is 3.09. The van der Waals surface area contributed by atoms with Gasteiger partial charge in [0.15, 0.2) is 11.2 Å². The number of alkyl halides is 3. The molecule has 4 N–H and O–H groups in total. The van der Waals surface area contributed by atoms with Crippen LogP contribution < -0.4 is 5.32 Å². The van der Waals surface area contributed by atoms with E-state index in [4.69, 9.17) is 16.7 Å². The van der Waals surface area contributed by atoms with Crippen LogP contribution in [-0.2, 0) is 9.59 Å². The molecule has 1 aromatic rings. The van der Waals surface area contributed by atoms with Gasteiger partial charge in [0, 0.05) is 11.6 Å². The summed E-state index contributed by atoms with van der Waals surface area (Å²) in [5.41, 5.74) is -6.41. The Labute approximate surface area is 150 Å². The first-order valence-electron chi connectivity index (χ1n) is 7.10. The van der Waals surface area contributed by atoms with Gasteiger partial charge in [-0.3, -0.25) is 4.79 Å². The summed E-state index contributed by atoms with van der Waals surface area (Å²) in [6.07, 6.45) is -4.89. The fourth-order valence-electron chi connectivity index (χ4n) is 1.98. The number of nitrogens with one attached hydrogen (secondary N) is 1. The Morgan fingerprint density at radius 2 is 1.73 bits per heavy atom. The van der Waals surface area contributed by atoms with E-state index in [1.165, 1.54) is 0 Å². The molecule has 0 aliphatic rings. The maximum atomic E-state index is 13.3. The fourth-order valence-corrected chi connectivity index (χ4v) is 2.28. The number of halogens is 5. The van der Waals surface area contributed by atoms with Crippen LogP contribution in [0.4, 0.5) is 17.6 Å². The van der Waals surface area contributed by atoms with Crippen molar-refractivity contribution < 1.29 is 42.5 Å². The molecule has 3 atom stereocenters. The predicted octanol–water partition coefficient (Wildman–Crippen LogP) is 1.83. The second kappa shape index (κ2) is 7.37. The van der Waals surface area contributed by atoms with Gasteiger partial charge in [-0.2, -0.15) is 13.2 Å². The van der Waals surface area contributed by atoms with Gasteiger partial charge in [0.05, 0.1) is 5.92 Å². The summed E-state index contributed by atoms with van der Waals surface area (Å²) in [5, 5.41) is 29.7. The number of carbonyl (C=O) groups is 2. The molecule has 0 aliphatic carbocycles. The average molecular weight is 402 g/mol. The summed E-state index contributed by atoms with van der Waals surface area (Å²) in [6, 6.07) is 2.23. The van der Waals surface area contributed by atoms with E-state index in [0.29, 0.717) is 19.9 Å². The smallest absolute Gasteiger partial charge is 0.397 e. The number of aliphatic carboxylic acids is 1. The molecule has 0 aromatic heterocycles. The molecule has 0 radical (unpaired) electrons. The Morgan fingerprint density at radius 1 is 1.19 bits per heavy atom. The van der Waals surface area contributed by atoms with E-state index in [2.05, 4.69) is 0 Å². The van der Waals surface area contributed by atoms with Crippen LogP contribution in [0.5, 0.6) is 0 Å². The van der Waals surface area contributed by atoms with Gasteiger partial charge in [0.25, 0.3) is 5.91 Å². The molecule has 1 amide bonds. The summed E-state index contributed by atoms with van der Waals surface area (Å²) in [4.78, 5) is 22.9. The standard InChI is InChI=1S/C15H16ClF4NO5/c1-13(25,14(2,26)12(23)24)11(22)21-6-9(15(18,19)20)8-4-3-7(17)5-10(8)16/h3-5,9,25-26H,6H2,1-2H3,(H,21,22)(H,23,24). The third-order valence-corrected chi connectivity index (χ3v) is 4.33. The molecule has 26 heavy (non-hydrogen) atoms. The zero-order valence-corrected chi connectivity index (χ0v) is 14.3. The Morgan fingerprint density at radius 3 is 2.15 bits per heavy atom. The van der Waals surface area contributed by atoms with Crippen molar-refractivity contribution in [2.45, 2.75) is 37.1 Å². The zero-order chi connectivity index (χ0) is 20.5. The lowest BCUT2D eigenvalue weighted by Gasteiger charge is -2.34. The van der Waals surface area contributed by atoms with Crippen LogP contribution >= 0.6 is 11.6 Å². The van der Waals surface area contributed by atoms with Crippen LogP contribution in [0.1, 0.15) is 25.3 Å². The van der Waals surface area contributed by atoms with Crippen molar-refractivity contribution in [3.8, 4) is 0 Å². The number of carbonyl (C=O) groups excluding carboxylic acids is 1. The quantitative estimate of drug-likeness (QED) is 0.544. The maximum Gasteiger partial charge on any atom is 0.397 e. The first-order valence-corrected chi connectivity index (χ1v) is 7.48. The molecule has 11 heteroatoms. The van der Waals surface area contributed by atoms with E-state index in [-0.39, 0.29) is 0 Å². The zero-order valence-electron chi connectivity index (χ0n) is 13.6. The minimum atomic E-state index is -4.89. The second-order valence-electron chi connectivity index (χ2n) is 5.92. The Hall–Kier alpha value is -1.91. The molecule has 0 aliphatic heterocycles. The molecule has 3 unspecified atom stereocenters. The molecule has 0 heterocycles. The molecule has 146 valence electrons. The van der Waals surface area contributed by atoms with Gasteiger partial charge in [0.2, 0.25) is 0 Å². The Kier molecular flexibility index (Phi) is 6.28. The SMILES string of the molecule is CC(O)(C(=O)O)C(C)(O)C(=O)NCC(c1ccc(F)cc1Cl)C(F)(F)F. The third-order valence-electron chi connectivity index (χ3n) is 4.01. The van der Waals surface area contributed by atoms with Crippen molar-refractivity contribution in [3.63, 3.8) is 0 Å². The highest BCUT2D eigenvalue weighted by Crippen LogP contribution is 2.38. The van der Waals surface area contributed by atoms with E-state index in [9.17, 15) is 37.4 Å². The van der Waals surface area contributed by atoms with E-state index in [0.717, 1.165) is 12.1 Å². The normalized spacial score (nSPS) is 17.7. The van der Waals surface area contributed by atoms with Crippen LogP contribution in [0.3, 0.4) is 0 Å². The first kappa shape index (κ1) is 22.1. The minimum absolute atomic E-state index is 0.522. The number of hydrogen-bond donors (Lipinski definition) is 4. The molecule has 1 aromatic carbocycles. The number of amides is 1. The maximum absolute atomic E-state index is 13.3. The molecule has 0 spiro atoms. The molecule has 1 rings (SSSR count). The molecule has 0 bridgehead atoms. The van der Waals surface area contributed by atoms with Crippen molar-refractivity contribution in [2.24, 2.45) is 0 Å². The van der Waals surface area contributed by atoms with Crippen LogP contribution in [0.25, 0.3) is 0 Å². The number of benzene rings is 1. The van der Waals surface area contributed by atoms with Crippen molar-refractivity contribution in [3.05, 3.63) is 34.6 Å². The highest BCUT2D eigenvalue weighted by atomic mass is 35.5. The largest absolute Gasteiger partial charge is 0.479 e. The van der Waals surface area contributed by atoms with Crippen molar-refractivity contribution in [2.75, 3.05) is 6.54 Å². The van der Waals surface area contributed by atoms with Gasteiger partial charge < -0.3 is 20.6 Å². The summed E-state index contributed by atoms with van der Waals surface area (Å²) in [6.45, 7) is 0.135. The van der Waals surface area contributed by atoms with Gasteiger partial charge in [-0.15, -0.1) is 0 Å². The average Bonchev–Trinajstić information content (AvgIpc) is 2.47. The van der Waals surface area contributed by atoms with Gasteiger partial charge in [0.1, 0.15) is 5.82 Å². The van der Waals surface area contributed by atoms with Crippen molar-refractivity contribution in [1.29, 1.82) is 0 Å². The van der Waals surface area contributed by atoms with E-state index >= 15 is 0 Å². The van der Waals surface area contributed by atoms with E-state index < -0.39 is 58.1 Å². The fraction of sp³-hybridized carbons (Fsp3) is 0.467. The summed E-state index contributed by atoms with van der Waals surface area (Å²) in [5.74, 6) is -6.71. The molecule has 0 fully saturated rings. The molecular formula is C15H16ClF4NO5. The lowest BCUT2D eigenvalue weighted by atomic mass is 9.85. The third kappa shape index (κ3) is 4.43. The second-order valence-corrected chi connectivity index (χ2v) is 6.33. The lowest BCUT2D eigenvalue weighted by Crippen LogP contribution is -2.63.